The molecule has 3 heteroatoms. The Morgan fingerprint density at radius 3 is 3.07 bits per heavy atom. The second-order valence-electron chi connectivity index (χ2n) is 3.56. The first-order valence-electron chi connectivity index (χ1n) is 4.82. The molecular weight excluding hydrogens is 188 g/mol. The fraction of sp³-hybridized carbons (Fsp3) is 0.0833. The zero-order valence-electron chi connectivity index (χ0n) is 8.34. The van der Waals surface area contributed by atoms with Gasteiger partial charge in [0.25, 0.3) is 0 Å². The number of fused-ring (bicyclic) bond motifs is 1. The van der Waals surface area contributed by atoms with Crippen LogP contribution in [0.15, 0.2) is 47.3 Å². The van der Waals surface area contributed by atoms with Gasteiger partial charge < -0.3 is 4.42 Å². The number of nitrogens with zero attached hydrogens (tertiary/aromatic N) is 2. The topological polar surface area (TPSA) is 30.4 Å². The fourth-order valence-corrected chi connectivity index (χ4v) is 1.70. The summed E-state index contributed by atoms with van der Waals surface area (Å²) in [5.74, 6) is 1.63. The van der Waals surface area contributed by atoms with Crippen LogP contribution in [0.3, 0.4) is 0 Å². The van der Waals surface area contributed by atoms with E-state index in [1.165, 1.54) is 5.56 Å². The van der Waals surface area contributed by atoms with Gasteiger partial charge in [0.1, 0.15) is 0 Å². The minimum Gasteiger partial charge on any atom is -0.461 e. The molecule has 3 rings (SSSR count). The highest BCUT2D eigenvalue weighted by Crippen LogP contribution is 2.20. The summed E-state index contributed by atoms with van der Waals surface area (Å²) in [6.07, 6.45) is 5.52. The minimum absolute atomic E-state index is 0.791. The van der Waals surface area contributed by atoms with Crippen molar-refractivity contribution in [2.45, 2.75) is 6.92 Å². The molecule has 15 heavy (non-hydrogen) atoms. The highest BCUT2D eigenvalue weighted by Gasteiger charge is 2.07. The second kappa shape index (κ2) is 2.98. The van der Waals surface area contributed by atoms with E-state index < -0.39 is 0 Å². The minimum atomic E-state index is 0.791. The third kappa shape index (κ3) is 1.24. The number of pyridine rings is 1. The third-order valence-corrected chi connectivity index (χ3v) is 2.43. The Kier molecular flexibility index (Phi) is 1.65. The summed E-state index contributed by atoms with van der Waals surface area (Å²) in [7, 11) is 0. The number of aryl methyl sites for hydroxylation is 1. The van der Waals surface area contributed by atoms with E-state index in [1.54, 1.807) is 6.26 Å². The Hall–Kier alpha value is -2.03. The Labute approximate surface area is 87.0 Å². The van der Waals surface area contributed by atoms with Crippen LogP contribution in [0.25, 0.3) is 17.1 Å². The first kappa shape index (κ1) is 8.29. The van der Waals surface area contributed by atoms with Gasteiger partial charge in [-0.25, -0.2) is 4.98 Å². The number of imidazole rings is 1. The van der Waals surface area contributed by atoms with Gasteiger partial charge in [-0.1, -0.05) is 0 Å². The maximum Gasteiger partial charge on any atom is 0.180 e. The van der Waals surface area contributed by atoms with Gasteiger partial charge >= 0.3 is 0 Å². The van der Waals surface area contributed by atoms with Crippen molar-refractivity contribution in [3.63, 3.8) is 0 Å². The summed E-state index contributed by atoms with van der Waals surface area (Å²) in [5, 5.41) is 0. The predicted molar refractivity (Wildman–Crippen MR) is 57.6 cm³/mol. The van der Waals surface area contributed by atoms with Gasteiger partial charge in [-0.15, -0.1) is 0 Å². The molecular formula is C12H10N2O. The van der Waals surface area contributed by atoms with E-state index in [0.717, 1.165) is 17.1 Å². The lowest BCUT2D eigenvalue weighted by Gasteiger charge is -1.98. The number of rotatable bonds is 1. The van der Waals surface area contributed by atoms with Crippen LogP contribution < -0.4 is 0 Å². The van der Waals surface area contributed by atoms with Crippen molar-refractivity contribution in [3.05, 3.63) is 48.5 Å². The average molecular weight is 198 g/mol. The van der Waals surface area contributed by atoms with Gasteiger partial charge in [0.15, 0.2) is 11.6 Å². The van der Waals surface area contributed by atoms with Gasteiger partial charge in [0, 0.05) is 6.20 Å². The molecule has 3 aromatic rings. The lowest BCUT2D eigenvalue weighted by atomic mass is 10.3. The van der Waals surface area contributed by atoms with Crippen LogP contribution in [0.1, 0.15) is 5.56 Å². The fourth-order valence-electron chi connectivity index (χ4n) is 1.70. The lowest BCUT2D eigenvalue weighted by molar-refractivity contribution is 0.577. The standard InChI is InChI=1S/C12H10N2O/c1-9-4-5-14-10(7-9)8-13-12(14)11-3-2-6-15-11/h2-8H,1H3. The molecule has 0 aromatic carbocycles. The monoisotopic (exact) mass is 198 g/mol. The molecule has 0 aliphatic heterocycles. The molecule has 0 atom stereocenters. The summed E-state index contributed by atoms with van der Waals surface area (Å²) >= 11 is 0. The smallest absolute Gasteiger partial charge is 0.180 e. The first-order chi connectivity index (χ1) is 7.34. The Morgan fingerprint density at radius 1 is 1.33 bits per heavy atom. The van der Waals surface area contributed by atoms with Crippen LogP contribution in [0, 0.1) is 6.92 Å². The molecule has 0 N–H and O–H groups in total. The van der Waals surface area contributed by atoms with E-state index >= 15 is 0 Å². The number of hydrogen-bond acceptors (Lipinski definition) is 2. The Bertz CT molecular complexity index is 593. The molecule has 3 aromatic heterocycles. The summed E-state index contributed by atoms with van der Waals surface area (Å²) < 4.78 is 7.35. The van der Waals surface area contributed by atoms with Crippen LogP contribution >= 0.6 is 0 Å². The molecule has 3 heterocycles. The van der Waals surface area contributed by atoms with Crippen LogP contribution in [-0.2, 0) is 0 Å². The molecule has 0 radical (unpaired) electrons. The van der Waals surface area contributed by atoms with Gasteiger partial charge in [-0.2, -0.15) is 0 Å². The number of furan rings is 1. The van der Waals surface area contributed by atoms with Crippen LogP contribution in [0.4, 0.5) is 0 Å². The zero-order valence-corrected chi connectivity index (χ0v) is 8.34. The van der Waals surface area contributed by atoms with E-state index in [2.05, 4.69) is 24.0 Å². The maximum atomic E-state index is 5.33. The van der Waals surface area contributed by atoms with E-state index in [4.69, 9.17) is 4.42 Å². The largest absolute Gasteiger partial charge is 0.461 e. The van der Waals surface area contributed by atoms with Crippen molar-refractivity contribution in [2.24, 2.45) is 0 Å². The Balaban J connectivity index is 2.29. The van der Waals surface area contributed by atoms with Crippen LogP contribution in [0.2, 0.25) is 0 Å². The first-order valence-corrected chi connectivity index (χ1v) is 4.82. The molecule has 3 nitrogen and oxygen atoms in total. The molecule has 0 aliphatic carbocycles. The molecule has 0 aliphatic rings. The van der Waals surface area contributed by atoms with E-state index in [0.29, 0.717) is 0 Å². The van der Waals surface area contributed by atoms with Crippen LogP contribution in [-0.4, -0.2) is 9.38 Å². The molecule has 0 fully saturated rings. The molecule has 0 unspecified atom stereocenters. The zero-order chi connectivity index (χ0) is 10.3. The van der Waals surface area contributed by atoms with Gasteiger partial charge in [-0.3, -0.25) is 4.40 Å². The maximum absolute atomic E-state index is 5.33. The summed E-state index contributed by atoms with van der Waals surface area (Å²) in [6, 6.07) is 7.93. The van der Waals surface area contributed by atoms with Crippen molar-refractivity contribution in [2.75, 3.05) is 0 Å². The highest BCUT2D eigenvalue weighted by molar-refractivity contribution is 5.58. The van der Waals surface area contributed by atoms with Gasteiger partial charge in [0.2, 0.25) is 0 Å². The highest BCUT2D eigenvalue weighted by atomic mass is 16.3. The normalized spacial score (nSPS) is 11.0. The second-order valence-corrected chi connectivity index (χ2v) is 3.56. The van der Waals surface area contributed by atoms with Crippen molar-refractivity contribution in [3.8, 4) is 11.6 Å². The number of hydrogen-bond donors (Lipinski definition) is 0. The van der Waals surface area contributed by atoms with Crippen molar-refractivity contribution in [1.82, 2.24) is 9.38 Å². The van der Waals surface area contributed by atoms with Crippen molar-refractivity contribution < 1.29 is 4.42 Å². The molecule has 0 bridgehead atoms. The van der Waals surface area contributed by atoms with Crippen molar-refractivity contribution in [1.29, 1.82) is 0 Å². The van der Waals surface area contributed by atoms with Crippen LogP contribution in [0.5, 0.6) is 0 Å². The SMILES string of the molecule is Cc1ccn2c(-c3ccco3)ncc2c1. The predicted octanol–water partition coefficient (Wildman–Crippen LogP) is 2.90. The molecule has 0 saturated carbocycles. The number of aromatic nitrogens is 2. The van der Waals surface area contributed by atoms with E-state index in [1.807, 2.05) is 28.9 Å². The van der Waals surface area contributed by atoms with Gasteiger partial charge in [0.05, 0.1) is 18.0 Å². The molecule has 0 spiro atoms. The van der Waals surface area contributed by atoms with E-state index in [9.17, 15) is 0 Å². The lowest BCUT2D eigenvalue weighted by Crippen LogP contribution is -1.87. The molecule has 74 valence electrons. The third-order valence-electron chi connectivity index (χ3n) is 2.43. The molecule has 0 saturated heterocycles. The average Bonchev–Trinajstić information content (AvgIpc) is 2.82. The molecule has 0 amide bonds. The van der Waals surface area contributed by atoms with Gasteiger partial charge in [-0.05, 0) is 36.8 Å². The summed E-state index contributed by atoms with van der Waals surface area (Å²) in [4.78, 5) is 4.35. The van der Waals surface area contributed by atoms with E-state index in [-0.39, 0.29) is 0 Å². The summed E-state index contributed by atoms with van der Waals surface area (Å²) in [5.41, 5.74) is 2.31. The summed E-state index contributed by atoms with van der Waals surface area (Å²) in [6.45, 7) is 2.07. The quantitative estimate of drug-likeness (QED) is 0.601. The van der Waals surface area contributed by atoms with Crippen molar-refractivity contribution >= 4 is 5.52 Å². The Morgan fingerprint density at radius 2 is 2.27 bits per heavy atom.